The summed E-state index contributed by atoms with van der Waals surface area (Å²) in [7, 11) is 1.35. The lowest BCUT2D eigenvalue weighted by Gasteiger charge is -2.15. The zero-order valence-electron chi connectivity index (χ0n) is 25.2. The van der Waals surface area contributed by atoms with Gasteiger partial charge in [0.1, 0.15) is 17.4 Å². The van der Waals surface area contributed by atoms with Crippen molar-refractivity contribution in [3.8, 4) is 0 Å². The molecular formula is C35H49FO4. The number of aryl methyl sites for hydroxylation is 3. The van der Waals surface area contributed by atoms with Crippen molar-refractivity contribution in [2.75, 3.05) is 7.11 Å². The van der Waals surface area contributed by atoms with Gasteiger partial charge in [0.05, 0.1) is 7.11 Å². The molecule has 1 atom stereocenters. The standard InChI is InChI=1S/C21H29FO4.C12H12.C2H6.H2/c1-15-6-4-8-18(21(15)22)12-13-19(24)14-17(11-10-16(2)23)7-5-9-20(25)26-3;1-10-6-8-12(9-7-10)11-4-2-3-5-11;1-2;/h4,6,8,17H,5,7,9-14H2,1-3H3;2-4,6-9H,5H2,1H3;1-2H3;1H/t17-;;;/m0.../s1. The summed E-state index contributed by atoms with van der Waals surface area (Å²) < 4.78 is 18.6. The molecule has 3 rings (SSSR count). The maximum Gasteiger partial charge on any atom is 0.305 e. The molecule has 0 fully saturated rings. The number of hydrogen-bond donors (Lipinski definition) is 0. The summed E-state index contributed by atoms with van der Waals surface area (Å²) in [6, 6.07) is 13.9. The number of carbonyl (C=O) groups excluding carboxylic acids is 3. The topological polar surface area (TPSA) is 60.4 Å². The Hall–Kier alpha value is -3.34. The molecule has 0 saturated carbocycles. The lowest BCUT2D eigenvalue weighted by atomic mass is 9.89. The van der Waals surface area contributed by atoms with Gasteiger partial charge < -0.3 is 9.53 Å². The van der Waals surface area contributed by atoms with E-state index in [2.05, 4.69) is 54.2 Å². The predicted molar refractivity (Wildman–Crippen MR) is 165 cm³/mol. The fourth-order valence-corrected chi connectivity index (χ4v) is 4.42. The molecule has 40 heavy (non-hydrogen) atoms. The number of Topliss-reactive ketones (excluding diaryl/α,β-unsaturated/α-hetero) is 2. The third-order valence-corrected chi connectivity index (χ3v) is 6.78. The van der Waals surface area contributed by atoms with E-state index >= 15 is 0 Å². The molecule has 0 aliphatic heterocycles. The van der Waals surface area contributed by atoms with Crippen molar-refractivity contribution in [2.24, 2.45) is 5.92 Å². The van der Waals surface area contributed by atoms with Gasteiger partial charge in [0.2, 0.25) is 0 Å². The number of rotatable bonds is 13. The highest BCUT2D eigenvalue weighted by atomic mass is 19.1. The van der Waals surface area contributed by atoms with Gasteiger partial charge >= 0.3 is 5.97 Å². The van der Waals surface area contributed by atoms with E-state index in [0.29, 0.717) is 56.1 Å². The van der Waals surface area contributed by atoms with E-state index in [1.54, 1.807) is 25.1 Å². The van der Waals surface area contributed by atoms with E-state index in [0.717, 1.165) is 6.42 Å². The second kappa shape index (κ2) is 19.7. The minimum atomic E-state index is -0.267. The van der Waals surface area contributed by atoms with Crippen LogP contribution in [-0.4, -0.2) is 24.6 Å². The maximum atomic E-state index is 14.0. The van der Waals surface area contributed by atoms with Crippen LogP contribution in [0.15, 0.2) is 60.7 Å². The van der Waals surface area contributed by atoms with Crippen LogP contribution >= 0.6 is 0 Å². The first-order chi connectivity index (χ1) is 19.2. The number of esters is 1. The van der Waals surface area contributed by atoms with Crippen LogP contribution in [-0.2, 0) is 25.5 Å². The molecule has 1 aliphatic rings. The van der Waals surface area contributed by atoms with Gasteiger partial charge in [0, 0.05) is 27.1 Å². The highest BCUT2D eigenvalue weighted by Crippen LogP contribution is 2.23. The molecule has 0 aromatic heterocycles. The molecule has 2 aromatic rings. The summed E-state index contributed by atoms with van der Waals surface area (Å²) in [6.45, 7) is 9.36. The Bertz CT molecular complexity index is 1140. The second-order valence-electron chi connectivity index (χ2n) is 10.1. The highest BCUT2D eigenvalue weighted by Gasteiger charge is 2.16. The van der Waals surface area contributed by atoms with E-state index in [4.69, 9.17) is 0 Å². The Kier molecular flexibility index (Phi) is 17.1. The molecule has 2 aromatic carbocycles. The van der Waals surface area contributed by atoms with E-state index in [9.17, 15) is 18.8 Å². The number of methoxy groups -OCH3 is 1. The largest absolute Gasteiger partial charge is 0.469 e. The highest BCUT2D eigenvalue weighted by molar-refractivity contribution is 5.79. The van der Waals surface area contributed by atoms with Crippen molar-refractivity contribution in [3.63, 3.8) is 0 Å². The number of carbonyl (C=O) groups is 3. The van der Waals surface area contributed by atoms with E-state index in [1.807, 2.05) is 13.8 Å². The van der Waals surface area contributed by atoms with Crippen LogP contribution in [0.25, 0.3) is 5.57 Å². The van der Waals surface area contributed by atoms with Crippen LogP contribution in [0, 0.1) is 25.6 Å². The Morgan fingerprint density at radius 2 is 1.68 bits per heavy atom. The third-order valence-electron chi connectivity index (χ3n) is 6.78. The number of benzene rings is 2. The molecule has 0 radical (unpaired) electrons. The van der Waals surface area contributed by atoms with Gasteiger partial charge in [-0.2, -0.15) is 0 Å². The number of ketones is 2. The molecule has 1 aliphatic carbocycles. The number of allylic oxidation sites excluding steroid dienone is 4. The molecule has 220 valence electrons. The van der Waals surface area contributed by atoms with Crippen LogP contribution in [0.5, 0.6) is 0 Å². The van der Waals surface area contributed by atoms with Crippen molar-refractivity contribution in [1.29, 1.82) is 0 Å². The minimum absolute atomic E-state index is 0. The van der Waals surface area contributed by atoms with Gasteiger partial charge in [-0.25, -0.2) is 4.39 Å². The average molecular weight is 553 g/mol. The third kappa shape index (κ3) is 13.6. The monoisotopic (exact) mass is 552 g/mol. The van der Waals surface area contributed by atoms with Gasteiger partial charge in [0.25, 0.3) is 0 Å². The minimum Gasteiger partial charge on any atom is -0.469 e. The molecule has 0 N–H and O–H groups in total. The summed E-state index contributed by atoms with van der Waals surface area (Å²) in [4.78, 5) is 34.8. The number of halogens is 1. The molecular weight excluding hydrogens is 503 g/mol. The van der Waals surface area contributed by atoms with Crippen molar-refractivity contribution in [1.82, 2.24) is 0 Å². The van der Waals surface area contributed by atoms with E-state index in [-0.39, 0.29) is 37.1 Å². The van der Waals surface area contributed by atoms with E-state index < -0.39 is 0 Å². The molecule has 4 nitrogen and oxygen atoms in total. The lowest BCUT2D eigenvalue weighted by Crippen LogP contribution is -2.12. The summed E-state index contributed by atoms with van der Waals surface area (Å²) >= 11 is 0. The van der Waals surface area contributed by atoms with Gasteiger partial charge in [-0.15, -0.1) is 0 Å². The number of ether oxygens (including phenoxy) is 1. The van der Waals surface area contributed by atoms with Gasteiger partial charge in [0.15, 0.2) is 0 Å². The quantitative estimate of drug-likeness (QED) is 0.233. The van der Waals surface area contributed by atoms with Crippen molar-refractivity contribution >= 4 is 23.1 Å². The molecule has 0 unspecified atom stereocenters. The summed E-state index contributed by atoms with van der Waals surface area (Å²) in [5.74, 6) is -0.281. The Labute approximate surface area is 242 Å². The SMILES string of the molecule is CC.COC(=O)CCC[C@@H](CCC(C)=O)CC(=O)CCc1cccc(C)c1F.Cc1ccc(C2=CC=CC2)cc1.[HH]. The Morgan fingerprint density at radius 1 is 0.975 bits per heavy atom. The molecule has 5 heteroatoms. The van der Waals surface area contributed by atoms with Gasteiger partial charge in [-0.05, 0) is 81.1 Å². The Balaban J connectivity index is 0.000000883. The first-order valence-corrected chi connectivity index (χ1v) is 14.4. The van der Waals surface area contributed by atoms with E-state index in [1.165, 1.54) is 30.7 Å². The molecule has 0 saturated heterocycles. The smallest absolute Gasteiger partial charge is 0.305 e. The zero-order chi connectivity index (χ0) is 29.9. The van der Waals surface area contributed by atoms with Crippen molar-refractivity contribution in [3.05, 3.63) is 88.8 Å². The molecule has 0 amide bonds. The van der Waals surface area contributed by atoms with Gasteiger partial charge in [-0.1, -0.05) is 80.1 Å². The molecule has 0 heterocycles. The Morgan fingerprint density at radius 3 is 2.27 bits per heavy atom. The predicted octanol–water partition coefficient (Wildman–Crippen LogP) is 8.97. The van der Waals surface area contributed by atoms with Crippen molar-refractivity contribution < 1.29 is 24.9 Å². The molecule has 0 spiro atoms. The first-order valence-electron chi connectivity index (χ1n) is 14.4. The van der Waals surface area contributed by atoms with Gasteiger partial charge in [-0.3, -0.25) is 9.59 Å². The van der Waals surface area contributed by atoms with Crippen LogP contribution < -0.4 is 0 Å². The summed E-state index contributed by atoms with van der Waals surface area (Å²) in [6.07, 6.45) is 11.3. The van der Waals surface area contributed by atoms with Crippen LogP contribution in [0.3, 0.4) is 0 Å². The van der Waals surface area contributed by atoms with Crippen LogP contribution in [0.2, 0.25) is 0 Å². The zero-order valence-corrected chi connectivity index (χ0v) is 25.2. The second-order valence-corrected chi connectivity index (χ2v) is 10.1. The van der Waals surface area contributed by atoms with Crippen LogP contribution in [0.1, 0.15) is 95.8 Å². The normalized spacial score (nSPS) is 12.3. The lowest BCUT2D eigenvalue weighted by molar-refractivity contribution is -0.140. The first kappa shape index (κ1) is 34.7. The van der Waals surface area contributed by atoms with Crippen molar-refractivity contribution in [2.45, 2.75) is 92.4 Å². The fraction of sp³-hybridized carbons (Fsp3) is 0.457. The summed E-state index contributed by atoms with van der Waals surface area (Å²) in [5, 5.41) is 0. The summed E-state index contributed by atoms with van der Waals surface area (Å²) in [5.41, 5.74) is 5.24. The molecule has 0 bridgehead atoms. The fourth-order valence-electron chi connectivity index (χ4n) is 4.42. The maximum absolute atomic E-state index is 14.0. The van der Waals surface area contributed by atoms with Crippen LogP contribution in [0.4, 0.5) is 4.39 Å². The number of hydrogen-bond acceptors (Lipinski definition) is 4. The average Bonchev–Trinajstić information content (AvgIpc) is 3.49.